The zero-order valence-electron chi connectivity index (χ0n) is 17.0. The predicted octanol–water partition coefficient (Wildman–Crippen LogP) is 4.87. The number of piperazine rings is 1. The Morgan fingerprint density at radius 3 is 1.72 bits per heavy atom. The van der Waals surface area contributed by atoms with E-state index in [-0.39, 0.29) is 0 Å². The van der Waals surface area contributed by atoms with Gasteiger partial charge in [0.15, 0.2) is 0 Å². The third-order valence-electron chi connectivity index (χ3n) is 5.56. The molecule has 4 heteroatoms. The van der Waals surface area contributed by atoms with Gasteiger partial charge in [-0.25, -0.2) is 0 Å². The second-order valence-electron chi connectivity index (χ2n) is 7.28. The van der Waals surface area contributed by atoms with Gasteiger partial charge in [0, 0.05) is 55.3 Å². The minimum absolute atomic E-state index is 0.541. The summed E-state index contributed by atoms with van der Waals surface area (Å²) in [7, 11) is 0. The lowest BCUT2D eigenvalue weighted by atomic mass is 10.1. The van der Waals surface area contributed by atoms with Crippen molar-refractivity contribution in [3.05, 3.63) is 90.5 Å². The van der Waals surface area contributed by atoms with Crippen molar-refractivity contribution in [2.45, 2.75) is 6.92 Å². The van der Waals surface area contributed by atoms with E-state index >= 15 is 0 Å². The molecular formula is C25H28N4. The summed E-state index contributed by atoms with van der Waals surface area (Å²) in [6.07, 6.45) is 0. The van der Waals surface area contributed by atoms with E-state index < -0.39 is 0 Å². The number of rotatable bonds is 5. The van der Waals surface area contributed by atoms with E-state index in [4.69, 9.17) is 5.41 Å². The molecule has 1 aliphatic rings. The quantitative estimate of drug-likeness (QED) is 0.503. The topological polar surface area (TPSA) is 33.6 Å². The summed E-state index contributed by atoms with van der Waals surface area (Å²) in [4.78, 5) is 6.91. The van der Waals surface area contributed by atoms with Gasteiger partial charge >= 0.3 is 0 Å². The first-order valence-electron chi connectivity index (χ1n) is 10.3. The van der Waals surface area contributed by atoms with E-state index in [1.165, 1.54) is 11.4 Å². The highest BCUT2D eigenvalue weighted by molar-refractivity contribution is 6.08. The molecule has 3 aromatic rings. The molecule has 3 aromatic carbocycles. The fraction of sp³-hybridized carbons (Fsp3) is 0.240. The molecule has 0 aliphatic carbocycles. The van der Waals surface area contributed by atoms with Crippen LogP contribution in [-0.2, 0) is 0 Å². The molecule has 1 aliphatic heterocycles. The van der Waals surface area contributed by atoms with Crippen molar-refractivity contribution in [3.63, 3.8) is 0 Å². The van der Waals surface area contributed by atoms with Crippen LogP contribution in [-0.4, -0.2) is 38.6 Å². The van der Waals surface area contributed by atoms with Gasteiger partial charge in [-0.3, -0.25) is 5.41 Å². The van der Waals surface area contributed by atoms with Gasteiger partial charge in [0.05, 0.1) is 0 Å². The molecule has 0 radical (unpaired) electrons. The lowest BCUT2D eigenvalue weighted by Crippen LogP contribution is -2.46. The third kappa shape index (κ3) is 4.27. The molecule has 0 bridgehead atoms. The number of anilines is 3. The molecule has 0 atom stereocenters. The maximum absolute atomic E-state index is 8.67. The van der Waals surface area contributed by atoms with E-state index in [1.54, 1.807) is 0 Å². The molecule has 0 amide bonds. The third-order valence-corrected chi connectivity index (χ3v) is 5.56. The molecule has 1 heterocycles. The summed E-state index contributed by atoms with van der Waals surface area (Å²) in [5.74, 6) is 0.541. The predicted molar refractivity (Wildman–Crippen MR) is 124 cm³/mol. The Kier molecular flexibility index (Phi) is 5.80. The Balaban J connectivity index is 1.41. The number of nitrogens with zero attached hydrogens (tertiary/aromatic N) is 3. The molecule has 1 saturated heterocycles. The first-order valence-corrected chi connectivity index (χ1v) is 10.3. The van der Waals surface area contributed by atoms with E-state index in [0.717, 1.165) is 44.0 Å². The van der Waals surface area contributed by atoms with Crippen molar-refractivity contribution >= 4 is 22.9 Å². The summed E-state index contributed by atoms with van der Waals surface area (Å²) in [5, 5.41) is 8.67. The number of nitrogens with one attached hydrogen (secondary N) is 1. The number of para-hydroxylation sites is 2. The summed E-state index contributed by atoms with van der Waals surface area (Å²) in [6, 6.07) is 29.2. The lowest BCUT2D eigenvalue weighted by Gasteiger charge is -2.37. The van der Waals surface area contributed by atoms with Crippen molar-refractivity contribution in [1.29, 1.82) is 5.41 Å². The average molecular weight is 385 g/mol. The summed E-state index contributed by atoms with van der Waals surface area (Å²) in [6.45, 7) is 6.93. The second-order valence-corrected chi connectivity index (χ2v) is 7.28. The van der Waals surface area contributed by atoms with E-state index in [0.29, 0.717) is 5.84 Å². The number of hydrogen-bond acceptors (Lipinski definition) is 3. The number of hydrogen-bond donors (Lipinski definition) is 1. The lowest BCUT2D eigenvalue weighted by molar-refractivity contribution is 0.653. The Morgan fingerprint density at radius 2 is 1.21 bits per heavy atom. The fourth-order valence-corrected chi connectivity index (χ4v) is 3.93. The molecule has 148 valence electrons. The monoisotopic (exact) mass is 384 g/mol. The SMILES string of the molecule is CCN(C(=N)c1ccc(N2CCN(c3ccccc3)CC2)cc1)c1ccccc1. The minimum atomic E-state index is 0.541. The van der Waals surface area contributed by atoms with Gasteiger partial charge < -0.3 is 14.7 Å². The first kappa shape index (κ1) is 19.1. The van der Waals surface area contributed by atoms with Gasteiger partial charge in [-0.15, -0.1) is 0 Å². The van der Waals surface area contributed by atoms with Crippen molar-refractivity contribution in [1.82, 2.24) is 0 Å². The Bertz CT molecular complexity index is 914. The van der Waals surface area contributed by atoms with Crippen LogP contribution in [0.3, 0.4) is 0 Å². The van der Waals surface area contributed by atoms with Crippen molar-refractivity contribution in [2.75, 3.05) is 47.4 Å². The largest absolute Gasteiger partial charge is 0.368 e. The highest BCUT2D eigenvalue weighted by Gasteiger charge is 2.18. The average Bonchev–Trinajstić information content (AvgIpc) is 2.81. The molecule has 1 fully saturated rings. The second kappa shape index (κ2) is 8.82. The molecule has 4 rings (SSSR count). The van der Waals surface area contributed by atoms with Gasteiger partial charge in [-0.2, -0.15) is 0 Å². The Morgan fingerprint density at radius 1 is 0.724 bits per heavy atom. The molecule has 0 unspecified atom stereocenters. The maximum atomic E-state index is 8.67. The van der Waals surface area contributed by atoms with Crippen molar-refractivity contribution < 1.29 is 0 Å². The molecule has 0 saturated carbocycles. The smallest absolute Gasteiger partial charge is 0.132 e. The van der Waals surface area contributed by atoms with Crippen LogP contribution >= 0.6 is 0 Å². The molecule has 29 heavy (non-hydrogen) atoms. The standard InChI is InChI=1S/C25H28N4/c1-2-29(24-11-7-4-8-12-24)25(26)21-13-15-23(16-14-21)28-19-17-27(18-20-28)22-9-5-3-6-10-22/h3-16,26H,2,17-20H2,1H3. The van der Waals surface area contributed by atoms with Crippen LogP contribution < -0.4 is 14.7 Å². The number of amidine groups is 1. The van der Waals surface area contributed by atoms with Crippen LogP contribution in [0.15, 0.2) is 84.9 Å². The van der Waals surface area contributed by atoms with Crippen LogP contribution in [0.4, 0.5) is 17.1 Å². The van der Waals surface area contributed by atoms with Gasteiger partial charge in [0.1, 0.15) is 5.84 Å². The minimum Gasteiger partial charge on any atom is -0.368 e. The van der Waals surface area contributed by atoms with E-state index in [1.807, 2.05) is 23.1 Å². The molecule has 1 N–H and O–H groups in total. The highest BCUT2D eigenvalue weighted by atomic mass is 15.3. The zero-order valence-corrected chi connectivity index (χ0v) is 17.0. The fourth-order valence-electron chi connectivity index (χ4n) is 3.93. The first-order chi connectivity index (χ1) is 14.3. The van der Waals surface area contributed by atoms with Crippen molar-refractivity contribution in [2.24, 2.45) is 0 Å². The van der Waals surface area contributed by atoms with Gasteiger partial charge in [-0.1, -0.05) is 36.4 Å². The van der Waals surface area contributed by atoms with Crippen LogP contribution in [0.1, 0.15) is 12.5 Å². The molecular weight excluding hydrogens is 356 g/mol. The zero-order chi connectivity index (χ0) is 20.1. The number of benzene rings is 3. The summed E-state index contributed by atoms with van der Waals surface area (Å²) < 4.78 is 0. The van der Waals surface area contributed by atoms with Crippen LogP contribution in [0.2, 0.25) is 0 Å². The molecule has 4 nitrogen and oxygen atoms in total. The van der Waals surface area contributed by atoms with Crippen LogP contribution in [0.5, 0.6) is 0 Å². The van der Waals surface area contributed by atoms with Gasteiger partial charge in [-0.05, 0) is 55.5 Å². The van der Waals surface area contributed by atoms with Gasteiger partial charge in [0.2, 0.25) is 0 Å². The summed E-state index contributed by atoms with van der Waals surface area (Å²) in [5.41, 5.74) is 4.54. The summed E-state index contributed by atoms with van der Waals surface area (Å²) >= 11 is 0. The van der Waals surface area contributed by atoms with Crippen LogP contribution in [0, 0.1) is 5.41 Å². The maximum Gasteiger partial charge on any atom is 0.132 e. The van der Waals surface area contributed by atoms with Crippen LogP contribution in [0.25, 0.3) is 0 Å². The van der Waals surface area contributed by atoms with Crippen molar-refractivity contribution in [3.8, 4) is 0 Å². The van der Waals surface area contributed by atoms with Gasteiger partial charge in [0.25, 0.3) is 0 Å². The molecule has 0 spiro atoms. The van der Waals surface area contributed by atoms with E-state index in [2.05, 4.69) is 83.5 Å². The highest BCUT2D eigenvalue weighted by Crippen LogP contribution is 2.22. The molecule has 0 aromatic heterocycles. The Hall–Kier alpha value is -3.27. The van der Waals surface area contributed by atoms with E-state index in [9.17, 15) is 0 Å². The normalized spacial score (nSPS) is 14.0. The Labute approximate surface area is 173 Å².